The third-order valence-corrected chi connectivity index (χ3v) is 2.49. The molecule has 0 radical (unpaired) electrons. The van der Waals surface area contributed by atoms with Gasteiger partial charge in [-0.15, -0.1) is 19.0 Å². The fourth-order valence-electron chi connectivity index (χ4n) is 0.966. The lowest BCUT2D eigenvalue weighted by molar-refractivity contribution is 0.602. The Morgan fingerprint density at radius 3 is 2.50 bits per heavy atom. The van der Waals surface area contributed by atoms with Crippen LogP contribution in [0.3, 0.4) is 0 Å². The number of rotatable bonds is 2. The van der Waals surface area contributed by atoms with E-state index in [1.54, 1.807) is 0 Å². The van der Waals surface area contributed by atoms with Gasteiger partial charge in [-0.1, -0.05) is 29.3 Å². The first-order valence-electron chi connectivity index (χ1n) is 3.59. The lowest BCUT2D eigenvalue weighted by Gasteiger charge is -2.10. The van der Waals surface area contributed by atoms with E-state index >= 15 is 0 Å². The van der Waals surface area contributed by atoms with E-state index in [2.05, 4.69) is 6.58 Å². The van der Waals surface area contributed by atoms with Crippen LogP contribution in [0.4, 0.5) is 4.39 Å². The van der Waals surface area contributed by atoms with Crippen molar-refractivity contribution in [2.75, 3.05) is 0 Å². The van der Waals surface area contributed by atoms with Crippen LogP contribution in [-0.2, 0) is 0 Å². The SMILES string of the molecule is C=C[C@H](N)c1c(F)ccc(Cl)c1Cl.Cl. The number of benzene rings is 1. The van der Waals surface area contributed by atoms with E-state index < -0.39 is 11.9 Å². The van der Waals surface area contributed by atoms with Crippen molar-refractivity contribution in [3.8, 4) is 0 Å². The molecule has 0 unspecified atom stereocenters. The molecule has 1 rings (SSSR count). The first kappa shape index (κ1) is 13.7. The second kappa shape index (κ2) is 5.56. The van der Waals surface area contributed by atoms with Crippen molar-refractivity contribution in [2.45, 2.75) is 6.04 Å². The van der Waals surface area contributed by atoms with Crippen molar-refractivity contribution in [3.63, 3.8) is 0 Å². The monoisotopic (exact) mass is 255 g/mol. The normalized spacial score (nSPS) is 11.7. The fraction of sp³-hybridized carbons (Fsp3) is 0.111. The predicted octanol–water partition coefficient (Wildman–Crippen LogP) is 3.74. The van der Waals surface area contributed by atoms with Crippen LogP contribution in [0, 0.1) is 5.82 Å². The fourth-order valence-corrected chi connectivity index (χ4v) is 1.41. The molecule has 0 saturated carbocycles. The first-order valence-corrected chi connectivity index (χ1v) is 4.35. The van der Waals surface area contributed by atoms with Gasteiger partial charge in [0, 0.05) is 5.56 Å². The van der Waals surface area contributed by atoms with E-state index in [4.69, 9.17) is 28.9 Å². The van der Waals surface area contributed by atoms with Crippen molar-refractivity contribution in [1.82, 2.24) is 0 Å². The highest BCUT2D eigenvalue weighted by atomic mass is 35.5. The van der Waals surface area contributed by atoms with E-state index in [1.165, 1.54) is 18.2 Å². The summed E-state index contributed by atoms with van der Waals surface area (Å²) in [5, 5.41) is 0.435. The standard InChI is InChI=1S/C9H8Cl2FN.ClH/c1-2-7(13)8-6(12)4-3-5(10)9(8)11;/h2-4,7H,1,13H2;1H/t7-;/m0./s1. The Labute approximate surface area is 98.1 Å². The van der Waals surface area contributed by atoms with E-state index in [9.17, 15) is 4.39 Å². The molecule has 2 N–H and O–H groups in total. The second-order valence-electron chi connectivity index (χ2n) is 2.52. The summed E-state index contributed by atoms with van der Waals surface area (Å²) in [4.78, 5) is 0. The minimum absolute atomic E-state index is 0. The molecule has 0 fully saturated rings. The summed E-state index contributed by atoms with van der Waals surface area (Å²) in [7, 11) is 0. The summed E-state index contributed by atoms with van der Waals surface area (Å²) in [5.41, 5.74) is 5.75. The number of hydrogen-bond acceptors (Lipinski definition) is 1. The molecule has 0 aliphatic carbocycles. The summed E-state index contributed by atoms with van der Waals surface area (Å²) < 4.78 is 13.2. The van der Waals surface area contributed by atoms with E-state index in [0.717, 1.165) is 0 Å². The van der Waals surface area contributed by atoms with Gasteiger partial charge in [-0.05, 0) is 12.1 Å². The van der Waals surface area contributed by atoms with Crippen LogP contribution in [0.15, 0.2) is 24.8 Å². The lowest BCUT2D eigenvalue weighted by atomic mass is 10.1. The smallest absolute Gasteiger partial charge is 0.129 e. The van der Waals surface area contributed by atoms with E-state index in [-0.39, 0.29) is 28.0 Å². The van der Waals surface area contributed by atoms with Crippen molar-refractivity contribution in [3.05, 3.63) is 46.2 Å². The summed E-state index contributed by atoms with van der Waals surface area (Å²) in [6.07, 6.45) is 1.40. The Balaban J connectivity index is 0.00000169. The Bertz CT molecular complexity index is 341. The second-order valence-corrected chi connectivity index (χ2v) is 3.30. The Morgan fingerprint density at radius 2 is 2.00 bits per heavy atom. The zero-order chi connectivity index (χ0) is 10.0. The molecule has 1 atom stereocenters. The molecule has 14 heavy (non-hydrogen) atoms. The third-order valence-electron chi connectivity index (χ3n) is 1.67. The molecular formula is C9H9Cl3FN. The molecule has 78 valence electrons. The molecule has 0 saturated heterocycles. The lowest BCUT2D eigenvalue weighted by Crippen LogP contribution is -2.09. The van der Waals surface area contributed by atoms with Crippen molar-refractivity contribution in [2.24, 2.45) is 5.73 Å². The molecule has 5 heteroatoms. The topological polar surface area (TPSA) is 26.0 Å². The van der Waals surface area contributed by atoms with Gasteiger partial charge in [-0.2, -0.15) is 0 Å². The minimum Gasteiger partial charge on any atom is -0.321 e. The molecule has 0 aliphatic rings. The molecule has 0 bridgehead atoms. The molecule has 1 aromatic carbocycles. The van der Waals surface area contributed by atoms with Gasteiger partial charge >= 0.3 is 0 Å². The molecule has 1 aromatic rings. The maximum absolute atomic E-state index is 13.2. The van der Waals surface area contributed by atoms with Gasteiger partial charge in [-0.25, -0.2) is 4.39 Å². The first-order chi connectivity index (χ1) is 6.07. The van der Waals surface area contributed by atoms with E-state index in [0.29, 0.717) is 0 Å². The van der Waals surface area contributed by atoms with Gasteiger partial charge in [0.25, 0.3) is 0 Å². The van der Waals surface area contributed by atoms with Crippen LogP contribution in [-0.4, -0.2) is 0 Å². The van der Waals surface area contributed by atoms with Crippen molar-refractivity contribution >= 4 is 35.6 Å². The zero-order valence-electron chi connectivity index (χ0n) is 7.14. The number of hydrogen-bond donors (Lipinski definition) is 1. The molecular weight excluding hydrogens is 247 g/mol. The minimum atomic E-state index is -0.633. The third kappa shape index (κ3) is 2.61. The van der Waals surface area contributed by atoms with Gasteiger partial charge in [0.15, 0.2) is 0 Å². The highest BCUT2D eigenvalue weighted by molar-refractivity contribution is 6.42. The van der Waals surface area contributed by atoms with Crippen LogP contribution in [0.25, 0.3) is 0 Å². The summed E-state index contributed by atoms with van der Waals surface area (Å²) in [6, 6.07) is 1.98. The van der Waals surface area contributed by atoms with Crippen molar-refractivity contribution in [1.29, 1.82) is 0 Å². The quantitative estimate of drug-likeness (QED) is 0.633. The van der Waals surface area contributed by atoms with Gasteiger partial charge in [0.2, 0.25) is 0 Å². The van der Waals surface area contributed by atoms with Crippen molar-refractivity contribution < 1.29 is 4.39 Å². The highest BCUT2D eigenvalue weighted by Crippen LogP contribution is 2.31. The molecule has 1 nitrogen and oxygen atoms in total. The predicted molar refractivity (Wildman–Crippen MR) is 60.8 cm³/mol. The van der Waals surface area contributed by atoms with Gasteiger partial charge in [-0.3, -0.25) is 0 Å². The average molecular weight is 257 g/mol. The largest absolute Gasteiger partial charge is 0.321 e. The highest BCUT2D eigenvalue weighted by Gasteiger charge is 2.14. The molecule has 0 spiro atoms. The van der Waals surface area contributed by atoms with Crippen LogP contribution in [0.2, 0.25) is 10.0 Å². The molecule has 0 aliphatic heterocycles. The molecule has 0 heterocycles. The van der Waals surface area contributed by atoms with Crippen LogP contribution in [0.1, 0.15) is 11.6 Å². The molecule has 0 amide bonds. The van der Waals surface area contributed by atoms with Gasteiger partial charge < -0.3 is 5.73 Å². The van der Waals surface area contributed by atoms with Crippen LogP contribution in [0.5, 0.6) is 0 Å². The summed E-state index contributed by atoms with van der Waals surface area (Å²) in [6.45, 7) is 3.46. The number of nitrogens with two attached hydrogens (primary N) is 1. The van der Waals surface area contributed by atoms with Gasteiger partial charge in [0.1, 0.15) is 5.82 Å². The average Bonchev–Trinajstić information content (AvgIpc) is 2.12. The summed E-state index contributed by atoms with van der Waals surface area (Å²) >= 11 is 11.5. The Kier molecular flexibility index (Phi) is 5.45. The maximum Gasteiger partial charge on any atom is 0.129 e. The Hall–Kier alpha value is -0.280. The summed E-state index contributed by atoms with van der Waals surface area (Å²) in [5.74, 6) is -0.471. The molecule has 0 aromatic heterocycles. The van der Waals surface area contributed by atoms with Crippen LogP contribution < -0.4 is 5.73 Å². The van der Waals surface area contributed by atoms with Crippen LogP contribution >= 0.6 is 35.6 Å². The van der Waals surface area contributed by atoms with E-state index in [1.807, 2.05) is 0 Å². The number of halogens is 4. The zero-order valence-corrected chi connectivity index (χ0v) is 9.46. The van der Waals surface area contributed by atoms with Gasteiger partial charge in [0.05, 0.1) is 16.1 Å². The Morgan fingerprint density at radius 1 is 1.43 bits per heavy atom. The maximum atomic E-state index is 13.2.